The van der Waals surface area contributed by atoms with E-state index in [1.54, 1.807) is 12.1 Å². The number of halogens is 3. The van der Waals surface area contributed by atoms with Crippen molar-refractivity contribution in [1.29, 1.82) is 0 Å². The summed E-state index contributed by atoms with van der Waals surface area (Å²) in [6.07, 6.45) is -1.63. The fourth-order valence-electron chi connectivity index (χ4n) is 1.75. The lowest BCUT2D eigenvalue weighted by Crippen LogP contribution is -2.14. The number of aromatic nitrogens is 1. The molecule has 2 rings (SSSR count). The largest absolute Gasteiger partial charge is 0.465 e. The number of carbonyl (C=O) groups is 1. The predicted molar refractivity (Wildman–Crippen MR) is 70.3 cm³/mol. The Morgan fingerprint density at radius 3 is 2.38 bits per heavy atom. The number of alkyl halides is 3. The monoisotopic (exact) mass is 296 g/mol. The number of hydrogen-bond acceptors (Lipinski definition) is 4. The highest BCUT2D eigenvalue weighted by atomic mass is 19.4. The Hall–Kier alpha value is -2.57. The summed E-state index contributed by atoms with van der Waals surface area (Å²) >= 11 is 0. The van der Waals surface area contributed by atoms with Gasteiger partial charge in [-0.15, -0.1) is 0 Å². The first-order valence-corrected chi connectivity index (χ1v) is 5.88. The molecule has 1 aromatic carbocycles. The van der Waals surface area contributed by atoms with Crippen molar-refractivity contribution in [3.05, 3.63) is 53.9 Å². The topological polar surface area (TPSA) is 51.2 Å². The second-order valence-corrected chi connectivity index (χ2v) is 4.11. The summed E-state index contributed by atoms with van der Waals surface area (Å²) in [5.74, 6) is -1.03. The number of anilines is 2. The Bertz CT molecular complexity index is 642. The number of carbonyl (C=O) groups excluding carboxylic acids is 1. The molecule has 0 bridgehead atoms. The van der Waals surface area contributed by atoms with Gasteiger partial charge in [0.25, 0.3) is 0 Å². The van der Waals surface area contributed by atoms with E-state index in [4.69, 9.17) is 0 Å². The van der Waals surface area contributed by atoms with Crippen LogP contribution in [0.5, 0.6) is 0 Å². The van der Waals surface area contributed by atoms with Gasteiger partial charge in [0.15, 0.2) is 0 Å². The normalized spacial score (nSPS) is 11.0. The summed E-state index contributed by atoms with van der Waals surface area (Å²) < 4.78 is 43.4. The van der Waals surface area contributed by atoms with Gasteiger partial charge in [0, 0.05) is 23.8 Å². The molecule has 0 aliphatic rings. The lowest BCUT2D eigenvalue weighted by Gasteiger charge is -2.14. The van der Waals surface area contributed by atoms with Crippen molar-refractivity contribution in [1.82, 2.24) is 4.98 Å². The molecule has 0 aliphatic heterocycles. The molecule has 0 amide bonds. The highest BCUT2D eigenvalue weighted by Crippen LogP contribution is 2.34. The second-order valence-electron chi connectivity index (χ2n) is 4.11. The number of rotatable bonds is 3. The number of pyridine rings is 1. The van der Waals surface area contributed by atoms with E-state index in [-0.39, 0.29) is 5.69 Å². The van der Waals surface area contributed by atoms with Crippen molar-refractivity contribution in [3.63, 3.8) is 0 Å². The predicted octanol–water partition coefficient (Wildman–Crippen LogP) is 3.63. The first-order valence-electron chi connectivity index (χ1n) is 5.88. The number of benzene rings is 1. The highest BCUT2D eigenvalue weighted by molar-refractivity contribution is 5.92. The molecule has 2 aromatic rings. The van der Waals surface area contributed by atoms with E-state index in [0.29, 0.717) is 5.69 Å². The van der Waals surface area contributed by atoms with E-state index in [9.17, 15) is 18.0 Å². The Labute approximate surface area is 118 Å². The molecule has 110 valence electrons. The molecular weight excluding hydrogens is 285 g/mol. The van der Waals surface area contributed by atoms with E-state index in [1.807, 2.05) is 0 Å². The molecule has 1 heterocycles. The van der Waals surface area contributed by atoms with Crippen molar-refractivity contribution in [2.75, 3.05) is 12.4 Å². The quantitative estimate of drug-likeness (QED) is 0.879. The minimum absolute atomic E-state index is 0.209. The van der Waals surface area contributed by atoms with Crippen molar-refractivity contribution >= 4 is 17.3 Å². The van der Waals surface area contributed by atoms with Crippen LogP contribution in [0.4, 0.5) is 24.5 Å². The van der Waals surface area contributed by atoms with Gasteiger partial charge in [-0.2, -0.15) is 13.2 Å². The Morgan fingerprint density at radius 2 is 1.81 bits per heavy atom. The van der Waals surface area contributed by atoms with E-state index in [1.165, 1.54) is 18.5 Å². The van der Waals surface area contributed by atoms with Crippen LogP contribution in [-0.2, 0) is 10.9 Å². The van der Waals surface area contributed by atoms with Crippen LogP contribution in [0.2, 0.25) is 0 Å². The number of hydrogen-bond donors (Lipinski definition) is 1. The van der Waals surface area contributed by atoms with Crippen LogP contribution in [0.3, 0.4) is 0 Å². The lowest BCUT2D eigenvalue weighted by atomic mass is 10.1. The molecule has 21 heavy (non-hydrogen) atoms. The van der Waals surface area contributed by atoms with E-state index < -0.39 is 23.3 Å². The molecule has 0 fully saturated rings. The lowest BCUT2D eigenvalue weighted by molar-refractivity contribution is -0.138. The summed E-state index contributed by atoms with van der Waals surface area (Å²) in [7, 11) is 1.03. The molecule has 0 saturated carbocycles. The fourth-order valence-corrected chi connectivity index (χ4v) is 1.75. The van der Waals surface area contributed by atoms with Gasteiger partial charge >= 0.3 is 12.1 Å². The second kappa shape index (κ2) is 5.82. The standard InChI is InChI=1S/C14H11F3N2O2/c1-21-13(20)11-3-2-10(8-12(11)14(15,16)17)19-9-4-6-18-7-5-9/h2-8H,1H3,(H,18,19). The number of nitrogens with zero attached hydrogens (tertiary/aromatic N) is 1. The SMILES string of the molecule is COC(=O)c1ccc(Nc2ccncc2)cc1C(F)(F)F. The van der Waals surface area contributed by atoms with Crippen molar-refractivity contribution in [3.8, 4) is 0 Å². The Kier molecular flexibility index (Phi) is 4.11. The zero-order valence-corrected chi connectivity index (χ0v) is 10.9. The number of ether oxygens (including phenoxy) is 1. The molecule has 1 N–H and O–H groups in total. The highest BCUT2D eigenvalue weighted by Gasteiger charge is 2.35. The number of esters is 1. The van der Waals surface area contributed by atoms with E-state index in [2.05, 4.69) is 15.0 Å². The molecule has 7 heteroatoms. The minimum atomic E-state index is -4.65. The van der Waals surface area contributed by atoms with Crippen molar-refractivity contribution in [2.45, 2.75) is 6.18 Å². The zero-order chi connectivity index (χ0) is 15.5. The molecule has 4 nitrogen and oxygen atoms in total. The molecule has 0 spiro atoms. The van der Waals surface area contributed by atoms with Crippen molar-refractivity contribution in [2.24, 2.45) is 0 Å². The van der Waals surface area contributed by atoms with Gasteiger partial charge < -0.3 is 10.1 Å². The Balaban J connectivity index is 2.40. The molecule has 0 aliphatic carbocycles. The van der Waals surface area contributed by atoms with E-state index in [0.717, 1.165) is 19.2 Å². The molecule has 1 aromatic heterocycles. The average Bonchev–Trinajstić information content (AvgIpc) is 2.46. The third kappa shape index (κ3) is 3.50. The van der Waals surface area contributed by atoms with Gasteiger partial charge in [0.05, 0.1) is 18.2 Å². The summed E-state index contributed by atoms with van der Waals surface area (Å²) in [6, 6.07) is 6.55. The molecule has 0 radical (unpaired) electrons. The average molecular weight is 296 g/mol. The summed E-state index contributed by atoms with van der Waals surface area (Å²) in [5.41, 5.74) is -0.774. The van der Waals surface area contributed by atoms with Crippen LogP contribution in [0.25, 0.3) is 0 Å². The van der Waals surface area contributed by atoms with Crippen LogP contribution >= 0.6 is 0 Å². The maximum absolute atomic E-state index is 13.0. The van der Waals surface area contributed by atoms with E-state index >= 15 is 0 Å². The van der Waals surface area contributed by atoms with Crippen LogP contribution in [0.15, 0.2) is 42.7 Å². The van der Waals surface area contributed by atoms with Gasteiger partial charge in [0.2, 0.25) is 0 Å². The van der Waals surface area contributed by atoms with Gasteiger partial charge in [-0.05, 0) is 30.3 Å². The summed E-state index contributed by atoms with van der Waals surface area (Å²) in [6.45, 7) is 0. The number of methoxy groups -OCH3 is 1. The molecule has 0 atom stereocenters. The van der Waals surface area contributed by atoms with Crippen LogP contribution in [-0.4, -0.2) is 18.1 Å². The maximum Gasteiger partial charge on any atom is 0.417 e. The van der Waals surface area contributed by atoms with Crippen LogP contribution in [0, 0.1) is 0 Å². The summed E-state index contributed by atoms with van der Waals surface area (Å²) in [5, 5.41) is 2.81. The zero-order valence-electron chi connectivity index (χ0n) is 10.9. The first kappa shape index (κ1) is 14.8. The van der Waals surface area contributed by atoms with Crippen LogP contribution < -0.4 is 5.32 Å². The summed E-state index contributed by atoms with van der Waals surface area (Å²) in [4.78, 5) is 15.2. The van der Waals surface area contributed by atoms with Crippen molar-refractivity contribution < 1.29 is 22.7 Å². The molecular formula is C14H11F3N2O2. The smallest absolute Gasteiger partial charge is 0.417 e. The molecule has 0 unspecified atom stereocenters. The van der Waals surface area contributed by atoms with Gasteiger partial charge in [-0.25, -0.2) is 4.79 Å². The fraction of sp³-hybridized carbons (Fsp3) is 0.143. The number of nitrogens with one attached hydrogen (secondary N) is 1. The van der Waals surface area contributed by atoms with Crippen LogP contribution in [0.1, 0.15) is 15.9 Å². The van der Waals surface area contributed by atoms with Gasteiger partial charge in [0.1, 0.15) is 0 Å². The third-order valence-corrected chi connectivity index (χ3v) is 2.70. The van der Waals surface area contributed by atoms with Gasteiger partial charge in [-0.1, -0.05) is 0 Å². The molecule has 0 saturated heterocycles. The third-order valence-electron chi connectivity index (χ3n) is 2.70. The maximum atomic E-state index is 13.0. The van der Waals surface area contributed by atoms with Gasteiger partial charge in [-0.3, -0.25) is 4.98 Å². The first-order chi connectivity index (χ1) is 9.91. The minimum Gasteiger partial charge on any atom is -0.465 e. The Morgan fingerprint density at radius 1 is 1.14 bits per heavy atom.